The Morgan fingerprint density at radius 2 is 1.61 bits per heavy atom. The fourth-order valence-corrected chi connectivity index (χ4v) is 8.36. The van der Waals surface area contributed by atoms with Crippen LogP contribution in [-0.2, 0) is 12.8 Å². The summed E-state index contributed by atoms with van der Waals surface area (Å²) in [6.07, 6.45) is 10.3. The number of aromatic amines is 2. The highest BCUT2D eigenvalue weighted by Gasteiger charge is 2.40. The van der Waals surface area contributed by atoms with E-state index in [2.05, 4.69) is 81.3 Å². The van der Waals surface area contributed by atoms with Gasteiger partial charge in [-0.25, -0.2) is 4.79 Å². The summed E-state index contributed by atoms with van der Waals surface area (Å²) in [5.41, 5.74) is 8.50. The van der Waals surface area contributed by atoms with E-state index in [1.807, 2.05) is 18.7 Å². The number of carbonyl (C=O) groups is 1. The first-order chi connectivity index (χ1) is 20.1. The van der Waals surface area contributed by atoms with E-state index in [4.69, 9.17) is 0 Å². The summed E-state index contributed by atoms with van der Waals surface area (Å²) in [7, 11) is 2.20. The SMILES string of the molecule is CCN(CC)C(=O)N[C@H]1C[C@@H]2c3cccc4[nH]cc(c34)C[C@H]2N(C)C1.c1cc2c3c(c[nH]c3c1)C[C@H]1NCCC[C@H]21. The molecule has 4 N–H and O–H groups in total. The number of piperidine rings is 2. The summed E-state index contributed by atoms with van der Waals surface area (Å²) in [6, 6.07) is 14.8. The highest BCUT2D eigenvalue weighted by atomic mass is 16.2. The van der Waals surface area contributed by atoms with Crippen molar-refractivity contribution in [2.45, 2.75) is 75.9 Å². The molecule has 4 aromatic rings. The number of nitrogens with one attached hydrogen (secondary N) is 4. The van der Waals surface area contributed by atoms with E-state index in [-0.39, 0.29) is 12.1 Å². The summed E-state index contributed by atoms with van der Waals surface area (Å²) < 4.78 is 0. The third kappa shape index (κ3) is 4.63. The first-order valence-corrected chi connectivity index (χ1v) is 15.7. The van der Waals surface area contributed by atoms with Gasteiger partial charge in [0.1, 0.15) is 0 Å². The van der Waals surface area contributed by atoms with Gasteiger partial charge in [-0.05, 0) is 93.9 Å². The molecule has 0 unspecified atom stereocenters. The Bertz CT molecular complexity index is 1550. The van der Waals surface area contributed by atoms with Gasteiger partial charge in [0.25, 0.3) is 0 Å². The van der Waals surface area contributed by atoms with Gasteiger partial charge in [-0.15, -0.1) is 0 Å². The van der Waals surface area contributed by atoms with Crippen molar-refractivity contribution in [3.8, 4) is 0 Å². The number of fused-ring (bicyclic) bond motifs is 4. The Balaban J connectivity index is 0.000000147. The molecular formula is C34H44N6O. The number of urea groups is 1. The lowest BCUT2D eigenvalue weighted by Gasteiger charge is -2.45. The number of H-pyrrole nitrogens is 2. The number of hydrogen-bond acceptors (Lipinski definition) is 3. The van der Waals surface area contributed by atoms with E-state index in [9.17, 15) is 4.79 Å². The number of benzene rings is 2. The predicted octanol–water partition coefficient (Wildman–Crippen LogP) is 5.49. The highest BCUT2D eigenvalue weighted by Crippen LogP contribution is 2.43. The molecule has 2 saturated heterocycles. The predicted molar refractivity (Wildman–Crippen MR) is 167 cm³/mol. The quantitative estimate of drug-likeness (QED) is 0.271. The number of nitrogens with zero attached hydrogens (tertiary/aromatic N) is 2. The van der Waals surface area contributed by atoms with Gasteiger partial charge in [0.05, 0.1) is 0 Å². The Kier molecular flexibility index (Phi) is 7.03. The zero-order valence-electron chi connectivity index (χ0n) is 24.7. The van der Waals surface area contributed by atoms with Gasteiger partial charge in [0.2, 0.25) is 0 Å². The fourth-order valence-electron chi connectivity index (χ4n) is 8.36. The van der Waals surface area contributed by atoms with Crippen molar-refractivity contribution in [2.75, 3.05) is 33.2 Å². The summed E-state index contributed by atoms with van der Waals surface area (Å²) in [6.45, 7) is 7.68. The number of hydrogen-bond donors (Lipinski definition) is 4. The van der Waals surface area contributed by atoms with Crippen molar-refractivity contribution < 1.29 is 4.79 Å². The molecule has 0 saturated carbocycles. The first kappa shape index (κ1) is 26.6. The normalized spacial score (nSPS) is 26.6. The molecule has 7 nitrogen and oxygen atoms in total. The molecule has 0 bridgehead atoms. The summed E-state index contributed by atoms with van der Waals surface area (Å²) in [4.78, 5) is 23.6. The third-order valence-electron chi connectivity index (χ3n) is 10.3. The van der Waals surface area contributed by atoms with Crippen LogP contribution in [0.25, 0.3) is 21.8 Å². The summed E-state index contributed by atoms with van der Waals surface area (Å²) in [5.74, 6) is 1.22. The minimum Gasteiger partial charge on any atom is -0.361 e. The van der Waals surface area contributed by atoms with Gasteiger partial charge in [-0.1, -0.05) is 24.3 Å². The molecule has 4 heterocycles. The Morgan fingerprint density at radius 1 is 0.951 bits per heavy atom. The van der Waals surface area contributed by atoms with E-state index in [0.717, 1.165) is 38.4 Å². The van der Waals surface area contributed by atoms with Gasteiger partial charge >= 0.3 is 6.03 Å². The lowest BCUT2D eigenvalue weighted by Crippen LogP contribution is -2.56. The lowest BCUT2D eigenvalue weighted by atomic mass is 9.74. The minimum absolute atomic E-state index is 0.0678. The maximum absolute atomic E-state index is 12.5. The van der Waals surface area contributed by atoms with Crippen molar-refractivity contribution in [1.29, 1.82) is 0 Å². The maximum atomic E-state index is 12.5. The molecule has 216 valence electrons. The van der Waals surface area contributed by atoms with E-state index >= 15 is 0 Å². The van der Waals surface area contributed by atoms with Crippen molar-refractivity contribution in [3.63, 3.8) is 0 Å². The van der Waals surface area contributed by atoms with Gasteiger partial charge in [-0.2, -0.15) is 0 Å². The summed E-state index contributed by atoms with van der Waals surface area (Å²) in [5, 5.41) is 9.87. The number of rotatable bonds is 3. The second-order valence-electron chi connectivity index (χ2n) is 12.6. The molecule has 4 aliphatic rings. The third-order valence-corrected chi connectivity index (χ3v) is 10.3. The van der Waals surface area contributed by atoms with Crippen LogP contribution in [-0.4, -0.2) is 77.2 Å². The number of amides is 2. The molecule has 2 aliphatic heterocycles. The largest absolute Gasteiger partial charge is 0.361 e. The molecule has 8 rings (SSSR count). The van der Waals surface area contributed by atoms with E-state index in [0.29, 0.717) is 18.0 Å². The molecule has 41 heavy (non-hydrogen) atoms. The van der Waals surface area contributed by atoms with Gasteiger partial charge in [0.15, 0.2) is 0 Å². The van der Waals surface area contributed by atoms with Crippen LogP contribution in [0.1, 0.15) is 67.2 Å². The van der Waals surface area contributed by atoms with Gasteiger partial charge < -0.3 is 30.4 Å². The average Bonchev–Trinajstić information content (AvgIpc) is 3.61. The van der Waals surface area contributed by atoms with Crippen LogP contribution >= 0.6 is 0 Å². The van der Waals surface area contributed by atoms with Crippen molar-refractivity contribution >= 4 is 27.8 Å². The second kappa shape index (κ2) is 10.8. The number of likely N-dealkylation sites (tertiary alicyclic amines) is 1. The Morgan fingerprint density at radius 3 is 2.29 bits per heavy atom. The van der Waals surface area contributed by atoms with E-state index in [1.54, 1.807) is 5.56 Å². The van der Waals surface area contributed by atoms with Gasteiger partial charge in [-0.3, -0.25) is 0 Å². The molecule has 2 aromatic heterocycles. The maximum Gasteiger partial charge on any atom is 0.317 e. The molecule has 7 heteroatoms. The topological polar surface area (TPSA) is 79.2 Å². The molecule has 0 spiro atoms. The molecule has 2 aliphatic carbocycles. The van der Waals surface area contributed by atoms with Crippen molar-refractivity contribution in [3.05, 3.63) is 71.0 Å². The monoisotopic (exact) mass is 552 g/mol. The molecule has 2 aromatic carbocycles. The Hall–Kier alpha value is -3.29. The summed E-state index contributed by atoms with van der Waals surface area (Å²) >= 11 is 0. The fraction of sp³-hybridized carbons (Fsp3) is 0.500. The van der Waals surface area contributed by atoms with Crippen LogP contribution in [0.3, 0.4) is 0 Å². The second-order valence-corrected chi connectivity index (χ2v) is 12.6. The lowest BCUT2D eigenvalue weighted by molar-refractivity contribution is 0.124. The highest BCUT2D eigenvalue weighted by molar-refractivity contribution is 5.89. The van der Waals surface area contributed by atoms with Crippen LogP contribution in [0.2, 0.25) is 0 Å². The zero-order valence-corrected chi connectivity index (χ0v) is 24.7. The smallest absolute Gasteiger partial charge is 0.317 e. The average molecular weight is 553 g/mol. The molecular weight excluding hydrogens is 508 g/mol. The molecule has 2 amide bonds. The van der Waals surface area contributed by atoms with E-state index < -0.39 is 0 Å². The van der Waals surface area contributed by atoms with Crippen LogP contribution in [0.5, 0.6) is 0 Å². The van der Waals surface area contributed by atoms with Crippen molar-refractivity contribution in [1.82, 2.24) is 30.4 Å². The van der Waals surface area contributed by atoms with Crippen LogP contribution in [0, 0.1) is 0 Å². The zero-order chi connectivity index (χ0) is 28.1. The molecule has 2 fully saturated rings. The van der Waals surface area contributed by atoms with Gasteiger partial charge in [0, 0.05) is 83.8 Å². The molecule has 5 atom stereocenters. The van der Waals surface area contributed by atoms with Crippen LogP contribution in [0.4, 0.5) is 4.79 Å². The number of carbonyl (C=O) groups excluding carboxylic acids is 1. The van der Waals surface area contributed by atoms with Crippen LogP contribution < -0.4 is 10.6 Å². The van der Waals surface area contributed by atoms with Crippen LogP contribution in [0.15, 0.2) is 48.8 Å². The number of likely N-dealkylation sites (N-methyl/N-ethyl adjacent to an activating group) is 1. The number of aromatic nitrogens is 2. The minimum atomic E-state index is 0.0678. The van der Waals surface area contributed by atoms with E-state index in [1.165, 1.54) is 64.3 Å². The Labute approximate surface area is 243 Å². The standard InChI is InChI=1S/C20H28N4O.C14H16N2/c1-4-24(5-2)20(25)22-14-10-16-15-7-6-8-17-19(15)13(11-21-17)9-18(16)23(3)12-14;1-3-11-10-4-2-6-15-13(10)7-9-8-16-12(5-1)14(9)11/h6-8,11,14,16,18,21H,4-5,9-10,12H2,1-3H3,(H,22,25);1,3,5,8,10,13,15-16H,2,4,6-7H2/t14-,16+,18+;10-,13-/m01/s1. The first-order valence-electron chi connectivity index (χ1n) is 15.7. The van der Waals surface area contributed by atoms with Crippen molar-refractivity contribution in [2.24, 2.45) is 0 Å². The molecule has 0 radical (unpaired) electrons.